The molecule has 5 aromatic carbocycles. The minimum Gasteiger partial charge on any atom is -0.497 e. The summed E-state index contributed by atoms with van der Waals surface area (Å²) in [5.41, 5.74) is 3.25. The third-order valence-electron chi connectivity index (χ3n) is 6.68. The highest BCUT2D eigenvalue weighted by Crippen LogP contribution is 2.37. The lowest BCUT2D eigenvalue weighted by Gasteiger charge is -2.18. The number of ether oxygens (including phenoxy) is 1. The van der Waals surface area contributed by atoms with E-state index in [2.05, 4.69) is 16.0 Å². The first-order valence-corrected chi connectivity index (χ1v) is 15.1. The van der Waals surface area contributed by atoms with E-state index in [1.807, 2.05) is 78.9 Å². The van der Waals surface area contributed by atoms with Gasteiger partial charge in [0.05, 0.1) is 7.11 Å². The number of carbonyl (C=O) groups is 3. The van der Waals surface area contributed by atoms with Crippen molar-refractivity contribution in [1.82, 2.24) is 5.32 Å². The van der Waals surface area contributed by atoms with Gasteiger partial charge in [0, 0.05) is 21.8 Å². The Morgan fingerprint density at radius 1 is 0.689 bits per heavy atom. The molecular formula is C37H31N3O4S. The van der Waals surface area contributed by atoms with Gasteiger partial charge in [0.15, 0.2) is 0 Å². The van der Waals surface area contributed by atoms with E-state index in [1.54, 1.807) is 73.8 Å². The molecule has 3 amide bonds. The van der Waals surface area contributed by atoms with Gasteiger partial charge in [-0.05, 0) is 71.8 Å². The summed E-state index contributed by atoms with van der Waals surface area (Å²) in [6, 6.07) is 41.9. The molecule has 45 heavy (non-hydrogen) atoms. The molecule has 0 radical (unpaired) electrons. The summed E-state index contributed by atoms with van der Waals surface area (Å²) >= 11 is 1.37. The van der Waals surface area contributed by atoms with Crippen LogP contribution in [0, 0.1) is 0 Å². The highest BCUT2D eigenvalue weighted by Gasteiger charge is 2.23. The van der Waals surface area contributed by atoms with Crippen LogP contribution in [0.25, 0.3) is 6.08 Å². The fraction of sp³-hybridized carbons (Fsp3) is 0.0541. The first-order chi connectivity index (χ1) is 22.0. The van der Waals surface area contributed by atoms with Crippen molar-refractivity contribution in [3.8, 4) is 5.75 Å². The SMILES string of the molecule is COc1ccc(/C=C(/NC(=O)c2ccccc2)C(=O)Nc2cccc(SC(C(=O)Nc3ccccc3)c3ccccc3)c2)cc1. The topological polar surface area (TPSA) is 96.5 Å². The number of thioether (sulfide) groups is 1. The summed E-state index contributed by atoms with van der Waals surface area (Å²) in [6.07, 6.45) is 1.60. The first kappa shape index (κ1) is 30.8. The van der Waals surface area contributed by atoms with Crippen LogP contribution in [-0.2, 0) is 9.59 Å². The number of methoxy groups -OCH3 is 1. The average Bonchev–Trinajstić information content (AvgIpc) is 3.08. The van der Waals surface area contributed by atoms with Gasteiger partial charge in [-0.3, -0.25) is 14.4 Å². The van der Waals surface area contributed by atoms with E-state index < -0.39 is 17.1 Å². The van der Waals surface area contributed by atoms with Gasteiger partial charge in [0.1, 0.15) is 16.7 Å². The second-order valence-electron chi connectivity index (χ2n) is 9.90. The zero-order chi connectivity index (χ0) is 31.4. The molecule has 0 aliphatic rings. The number of carbonyl (C=O) groups excluding carboxylic acids is 3. The Balaban J connectivity index is 1.37. The van der Waals surface area contributed by atoms with E-state index in [4.69, 9.17) is 4.74 Å². The summed E-state index contributed by atoms with van der Waals surface area (Å²) in [4.78, 5) is 40.8. The Kier molecular flexibility index (Phi) is 10.4. The van der Waals surface area contributed by atoms with E-state index in [0.29, 0.717) is 28.3 Å². The van der Waals surface area contributed by atoms with Crippen LogP contribution in [0.1, 0.15) is 26.7 Å². The quantitative estimate of drug-likeness (QED) is 0.105. The number of hydrogen-bond donors (Lipinski definition) is 3. The van der Waals surface area contributed by atoms with Crippen molar-refractivity contribution in [2.24, 2.45) is 0 Å². The molecule has 5 aromatic rings. The fourth-order valence-electron chi connectivity index (χ4n) is 4.42. The van der Waals surface area contributed by atoms with Crippen molar-refractivity contribution in [2.45, 2.75) is 10.1 Å². The second kappa shape index (κ2) is 15.2. The molecule has 224 valence electrons. The van der Waals surface area contributed by atoms with Crippen molar-refractivity contribution < 1.29 is 19.1 Å². The maximum atomic E-state index is 13.6. The van der Waals surface area contributed by atoms with Crippen molar-refractivity contribution >= 4 is 46.9 Å². The van der Waals surface area contributed by atoms with Gasteiger partial charge in [-0.1, -0.05) is 84.9 Å². The van der Waals surface area contributed by atoms with Crippen LogP contribution in [0.2, 0.25) is 0 Å². The lowest BCUT2D eigenvalue weighted by Crippen LogP contribution is -2.30. The molecule has 7 nitrogen and oxygen atoms in total. The number of para-hydroxylation sites is 1. The van der Waals surface area contributed by atoms with Gasteiger partial charge < -0.3 is 20.7 Å². The van der Waals surface area contributed by atoms with Crippen LogP contribution in [0.5, 0.6) is 5.75 Å². The van der Waals surface area contributed by atoms with Gasteiger partial charge in [-0.2, -0.15) is 0 Å². The van der Waals surface area contributed by atoms with E-state index >= 15 is 0 Å². The van der Waals surface area contributed by atoms with Crippen LogP contribution in [0.15, 0.2) is 150 Å². The van der Waals surface area contributed by atoms with Gasteiger partial charge in [-0.15, -0.1) is 11.8 Å². The average molecular weight is 614 g/mol. The molecule has 0 aromatic heterocycles. The Labute approximate surface area is 266 Å². The molecule has 3 N–H and O–H groups in total. The van der Waals surface area contributed by atoms with E-state index in [9.17, 15) is 14.4 Å². The van der Waals surface area contributed by atoms with E-state index in [-0.39, 0.29) is 11.6 Å². The largest absolute Gasteiger partial charge is 0.497 e. The zero-order valence-electron chi connectivity index (χ0n) is 24.5. The van der Waals surface area contributed by atoms with Crippen LogP contribution < -0.4 is 20.7 Å². The Hall–Kier alpha value is -5.60. The molecule has 0 heterocycles. The first-order valence-electron chi connectivity index (χ1n) is 14.2. The van der Waals surface area contributed by atoms with Crippen molar-refractivity contribution in [3.63, 3.8) is 0 Å². The molecule has 0 fully saturated rings. The number of amides is 3. The number of rotatable bonds is 11. The number of nitrogens with one attached hydrogen (secondary N) is 3. The van der Waals surface area contributed by atoms with E-state index in [0.717, 1.165) is 10.5 Å². The summed E-state index contributed by atoms with van der Waals surface area (Å²) in [5.74, 6) is -0.407. The molecule has 1 atom stereocenters. The minimum absolute atomic E-state index is 0.0662. The molecule has 0 spiro atoms. The van der Waals surface area contributed by atoms with Gasteiger partial charge >= 0.3 is 0 Å². The number of benzene rings is 5. The van der Waals surface area contributed by atoms with Crippen LogP contribution in [0.4, 0.5) is 11.4 Å². The lowest BCUT2D eigenvalue weighted by atomic mass is 10.1. The predicted molar refractivity (Wildman–Crippen MR) is 180 cm³/mol. The molecular weight excluding hydrogens is 582 g/mol. The van der Waals surface area contributed by atoms with Gasteiger partial charge in [0.2, 0.25) is 5.91 Å². The molecule has 0 bridgehead atoms. The zero-order valence-corrected chi connectivity index (χ0v) is 25.3. The standard InChI is InChI=1S/C37H31N3O4S/c1-44-31-22-20-26(21-23-31)24-33(40-35(41)28-14-7-3-8-15-28)36(42)39-30-18-11-19-32(25-30)45-34(27-12-5-2-6-13-27)37(43)38-29-16-9-4-10-17-29/h2-25,34H,1H3,(H,38,43)(H,39,42)(H,40,41)/b33-24+. The predicted octanol–water partition coefficient (Wildman–Crippen LogP) is 7.58. The second-order valence-corrected chi connectivity index (χ2v) is 11.1. The maximum Gasteiger partial charge on any atom is 0.272 e. The molecule has 5 rings (SSSR count). The Bertz CT molecular complexity index is 1780. The van der Waals surface area contributed by atoms with Gasteiger partial charge in [0.25, 0.3) is 11.8 Å². The highest BCUT2D eigenvalue weighted by atomic mass is 32.2. The molecule has 0 aliphatic heterocycles. The maximum absolute atomic E-state index is 13.6. The smallest absolute Gasteiger partial charge is 0.272 e. The van der Waals surface area contributed by atoms with Crippen molar-refractivity contribution in [3.05, 3.63) is 162 Å². The lowest BCUT2D eigenvalue weighted by molar-refractivity contribution is -0.116. The van der Waals surface area contributed by atoms with Crippen LogP contribution >= 0.6 is 11.8 Å². The van der Waals surface area contributed by atoms with Crippen LogP contribution in [-0.4, -0.2) is 24.8 Å². The number of hydrogen-bond acceptors (Lipinski definition) is 5. The van der Waals surface area contributed by atoms with E-state index in [1.165, 1.54) is 11.8 Å². The van der Waals surface area contributed by atoms with Crippen molar-refractivity contribution in [2.75, 3.05) is 17.7 Å². The van der Waals surface area contributed by atoms with Crippen molar-refractivity contribution in [1.29, 1.82) is 0 Å². The Morgan fingerprint density at radius 3 is 1.98 bits per heavy atom. The summed E-state index contributed by atoms with van der Waals surface area (Å²) in [6.45, 7) is 0. The molecule has 8 heteroatoms. The molecule has 0 saturated carbocycles. The molecule has 0 aliphatic carbocycles. The highest BCUT2D eigenvalue weighted by molar-refractivity contribution is 8.00. The summed E-state index contributed by atoms with van der Waals surface area (Å²) in [7, 11) is 1.58. The van der Waals surface area contributed by atoms with Gasteiger partial charge in [-0.25, -0.2) is 0 Å². The number of anilines is 2. The summed E-state index contributed by atoms with van der Waals surface area (Å²) < 4.78 is 5.24. The normalized spacial score (nSPS) is 11.6. The third kappa shape index (κ3) is 8.72. The fourth-order valence-corrected chi connectivity index (χ4v) is 5.50. The molecule has 1 unspecified atom stereocenters. The van der Waals surface area contributed by atoms with Crippen LogP contribution in [0.3, 0.4) is 0 Å². The minimum atomic E-state index is -0.548. The summed E-state index contributed by atoms with van der Waals surface area (Å²) in [5, 5.41) is 8.11. The third-order valence-corrected chi connectivity index (χ3v) is 7.93. The monoisotopic (exact) mass is 613 g/mol. The Morgan fingerprint density at radius 2 is 1.31 bits per heavy atom. The molecule has 0 saturated heterocycles.